The summed E-state index contributed by atoms with van der Waals surface area (Å²) in [5.74, 6) is -0.0932. The number of ether oxygens (including phenoxy) is 1. The first kappa shape index (κ1) is 22.6. The van der Waals surface area contributed by atoms with Gasteiger partial charge < -0.3 is 15.4 Å². The third-order valence-corrected chi connectivity index (χ3v) is 4.53. The molecule has 0 aliphatic carbocycles. The van der Waals surface area contributed by atoms with Crippen LogP contribution in [0.2, 0.25) is 5.02 Å². The van der Waals surface area contributed by atoms with Crippen molar-refractivity contribution in [1.29, 1.82) is 5.26 Å². The number of likely N-dealkylation sites (N-methyl/N-ethyl adjacent to an activating group) is 1. The van der Waals surface area contributed by atoms with E-state index in [4.69, 9.17) is 21.6 Å². The van der Waals surface area contributed by atoms with Crippen LogP contribution in [0.5, 0.6) is 5.75 Å². The van der Waals surface area contributed by atoms with Gasteiger partial charge in [0.15, 0.2) is 6.10 Å². The maximum absolute atomic E-state index is 12.4. The molecule has 0 fully saturated rings. The van der Waals surface area contributed by atoms with Gasteiger partial charge in [0, 0.05) is 37.3 Å². The number of pyridine rings is 2. The van der Waals surface area contributed by atoms with Crippen LogP contribution >= 0.6 is 11.6 Å². The highest BCUT2D eigenvalue weighted by molar-refractivity contribution is 6.32. The van der Waals surface area contributed by atoms with Crippen LogP contribution in [0.3, 0.4) is 0 Å². The van der Waals surface area contributed by atoms with E-state index in [1.165, 1.54) is 31.7 Å². The lowest BCUT2D eigenvalue weighted by atomic mass is 10.1. The van der Waals surface area contributed by atoms with Crippen molar-refractivity contribution in [1.82, 2.24) is 25.3 Å². The number of hydrogen-bond donors (Lipinski definition) is 2. The van der Waals surface area contributed by atoms with Gasteiger partial charge in [-0.1, -0.05) is 17.7 Å². The van der Waals surface area contributed by atoms with Crippen molar-refractivity contribution in [3.63, 3.8) is 0 Å². The Balaban J connectivity index is 1.63. The highest BCUT2D eigenvalue weighted by Crippen LogP contribution is 2.27. The minimum absolute atomic E-state index is 0.0618. The summed E-state index contributed by atoms with van der Waals surface area (Å²) in [5.41, 5.74) is 1.95. The van der Waals surface area contributed by atoms with E-state index in [2.05, 4.69) is 30.6 Å². The SMILES string of the molecule is CNC(=O)[C@H](C)Oc1cc(NC(=O)Cc2ccc(-c3cnc(C#N)nc3)nc2)ncc1Cl. The Bertz CT molecular complexity index is 1160. The molecule has 3 heterocycles. The molecule has 0 unspecified atom stereocenters. The topological polar surface area (TPSA) is 143 Å². The van der Waals surface area contributed by atoms with Gasteiger partial charge >= 0.3 is 0 Å². The Morgan fingerprint density at radius 1 is 1.16 bits per heavy atom. The van der Waals surface area contributed by atoms with E-state index in [-0.39, 0.29) is 40.6 Å². The number of nitrogens with one attached hydrogen (secondary N) is 2. The van der Waals surface area contributed by atoms with E-state index >= 15 is 0 Å². The molecule has 0 saturated carbocycles. The van der Waals surface area contributed by atoms with Crippen LogP contribution in [0.15, 0.2) is 43.0 Å². The molecular formula is C21H18ClN7O3. The number of nitrogens with zero attached hydrogens (tertiary/aromatic N) is 5. The lowest BCUT2D eigenvalue weighted by Gasteiger charge is -2.15. The van der Waals surface area contributed by atoms with E-state index in [1.54, 1.807) is 25.3 Å². The summed E-state index contributed by atoms with van der Waals surface area (Å²) in [6.07, 6.45) is 5.22. The molecule has 0 aliphatic rings. The van der Waals surface area contributed by atoms with Crippen molar-refractivity contribution >= 4 is 29.2 Å². The summed E-state index contributed by atoms with van der Waals surface area (Å²) >= 11 is 6.07. The minimum atomic E-state index is -0.769. The van der Waals surface area contributed by atoms with E-state index < -0.39 is 6.10 Å². The van der Waals surface area contributed by atoms with Gasteiger partial charge in [0.1, 0.15) is 22.7 Å². The average molecular weight is 452 g/mol. The molecule has 162 valence electrons. The molecule has 3 aromatic heterocycles. The number of rotatable bonds is 7. The minimum Gasteiger partial charge on any atom is -0.479 e. The maximum Gasteiger partial charge on any atom is 0.260 e. The fourth-order valence-corrected chi connectivity index (χ4v) is 2.76. The zero-order chi connectivity index (χ0) is 23.1. The molecule has 2 amide bonds. The van der Waals surface area contributed by atoms with Gasteiger partial charge in [-0.05, 0) is 18.6 Å². The highest BCUT2D eigenvalue weighted by atomic mass is 35.5. The summed E-state index contributed by atoms with van der Waals surface area (Å²) < 4.78 is 5.53. The van der Waals surface area contributed by atoms with Crippen LogP contribution in [0.25, 0.3) is 11.3 Å². The number of hydrogen-bond acceptors (Lipinski definition) is 8. The number of carbonyl (C=O) groups excluding carboxylic acids is 2. The van der Waals surface area contributed by atoms with Crippen LogP contribution in [-0.4, -0.2) is 44.9 Å². The Labute approximate surface area is 188 Å². The highest BCUT2D eigenvalue weighted by Gasteiger charge is 2.16. The normalized spacial score (nSPS) is 11.2. The summed E-state index contributed by atoms with van der Waals surface area (Å²) in [5, 5.41) is 14.1. The molecule has 1 atom stereocenters. The van der Waals surface area contributed by atoms with Gasteiger partial charge in [-0.2, -0.15) is 5.26 Å². The first-order valence-corrected chi connectivity index (χ1v) is 9.78. The molecule has 3 rings (SSSR count). The molecule has 0 saturated heterocycles. The van der Waals surface area contributed by atoms with Crippen LogP contribution in [0, 0.1) is 11.3 Å². The molecule has 11 heteroatoms. The number of halogens is 1. The van der Waals surface area contributed by atoms with Crippen LogP contribution in [-0.2, 0) is 16.0 Å². The van der Waals surface area contributed by atoms with E-state index in [1.807, 2.05) is 6.07 Å². The Hall–Kier alpha value is -4.10. The number of aromatic nitrogens is 4. The van der Waals surface area contributed by atoms with Crippen molar-refractivity contribution in [2.75, 3.05) is 12.4 Å². The van der Waals surface area contributed by atoms with Gasteiger partial charge in [-0.3, -0.25) is 14.6 Å². The zero-order valence-corrected chi connectivity index (χ0v) is 17.9. The first-order valence-electron chi connectivity index (χ1n) is 9.40. The Kier molecular flexibility index (Phi) is 7.25. The van der Waals surface area contributed by atoms with Crippen molar-refractivity contribution in [2.24, 2.45) is 0 Å². The largest absolute Gasteiger partial charge is 0.479 e. The van der Waals surface area contributed by atoms with Gasteiger partial charge in [0.2, 0.25) is 11.7 Å². The first-order chi connectivity index (χ1) is 15.4. The van der Waals surface area contributed by atoms with Crippen LogP contribution in [0.1, 0.15) is 18.3 Å². The monoisotopic (exact) mass is 451 g/mol. The molecule has 3 aromatic rings. The van der Waals surface area contributed by atoms with E-state index in [0.29, 0.717) is 16.8 Å². The molecule has 0 spiro atoms. The Morgan fingerprint density at radius 3 is 2.53 bits per heavy atom. The maximum atomic E-state index is 12.4. The summed E-state index contributed by atoms with van der Waals surface area (Å²) in [6.45, 7) is 1.58. The number of amides is 2. The molecule has 0 aliphatic heterocycles. The average Bonchev–Trinajstić information content (AvgIpc) is 2.81. The number of nitriles is 1. The predicted octanol–water partition coefficient (Wildman–Crippen LogP) is 2.15. The zero-order valence-electron chi connectivity index (χ0n) is 17.2. The van der Waals surface area contributed by atoms with Crippen LogP contribution < -0.4 is 15.4 Å². The fourth-order valence-electron chi connectivity index (χ4n) is 2.62. The lowest BCUT2D eigenvalue weighted by Crippen LogP contribution is -2.33. The number of anilines is 1. The molecule has 0 radical (unpaired) electrons. The quantitative estimate of drug-likeness (QED) is 0.556. The second kappa shape index (κ2) is 10.3. The summed E-state index contributed by atoms with van der Waals surface area (Å²) in [7, 11) is 1.50. The van der Waals surface area contributed by atoms with E-state index in [0.717, 1.165) is 0 Å². The lowest BCUT2D eigenvalue weighted by molar-refractivity contribution is -0.126. The summed E-state index contributed by atoms with van der Waals surface area (Å²) in [6, 6.07) is 6.80. The third-order valence-electron chi connectivity index (χ3n) is 4.24. The van der Waals surface area contributed by atoms with Crippen molar-refractivity contribution in [3.8, 4) is 23.1 Å². The molecule has 0 bridgehead atoms. The van der Waals surface area contributed by atoms with Gasteiger partial charge in [0.25, 0.3) is 5.91 Å². The third kappa shape index (κ3) is 5.74. The van der Waals surface area contributed by atoms with Crippen LogP contribution in [0.4, 0.5) is 5.82 Å². The molecular weight excluding hydrogens is 434 g/mol. The molecule has 32 heavy (non-hydrogen) atoms. The molecule has 10 nitrogen and oxygen atoms in total. The smallest absolute Gasteiger partial charge is 0.260 e. The van der Waals surface area contributed by atoms with E-state index in [9.17, 15) is 9.59 Å². The second-order valence-corrected chi connectivity index (χ2v) is 6.97. The fraction of sp³-hybridized carbons (Fsp3) is 0.190. The predicted molar refractivity (Wildman–Crippen MR) is 116 cm³/mol. The Morgan fingerprint density at radius 2 is 1.91 bits per heavy atom. The van der Waals surface area contributed by atoms with Gasteiger partial charge in [-0.15, -0.1) is 0 Å². The van der Waals surface area contributed by atoms with Crippen molar-refractivity contribution < 1.29 is 14.3 Å². The van der Waals surface area contributed by atoms with Gasteiger partial charge in [-0.25, -0.2) is 15.0 Å². The number of carbonyl (C=O) groups is 2. The molecule has 0 aromatic carbocycles. The van der Waals surface area contributed by atoms with Crippen molar-refractivity contribution in [3.05, 3.63) is 59.4 Å². The second-order valence-electron chi connectivity index (χ2n) is 6.56. The van der Waals surface area contributed by atoms with Gasteiger partial charge in [0.05, 0.1) is 18.3 Å². The molecule has 2 N–H and O–H groups in total. The van der Waals surface area contributed by atoms with Crippen molar-refractivity contribution in [2.45, 2.75) is 19.4 Å². The standard InChI is InChI=1S/C21H18ClN7O3/c1-12(21(31)24-2)32-17-6-18(28-11-15(17)22)29-20(30)5-13-3-4-16(25-8-13)14-9-26-19(7-23)27-10-14/h3-4,6,8-12H,5H2,1-2H3,(H,24,31)(H,28,29,30)/t12-/m0/s1. The summed E-state index contributed by atoms with van der Waals surface area (Å²) in [4.78, 5) is 40.3.